The molecule has 0 radical (unpaired) electrons. The van der Waals surface area contributed by atoms with Crippen molar-refractivity contribution < 1.29 is 19.2 Å². The minimum atomic E-state index is -0.473. The van der Waals surface area contributed by atoms with Gasteiger partial charge >= 0.3 is 0 Å². The van der Waals surface area contributed by atoms with Gasteiger partial charge in [0, 0.05) is 33.1 Å². The molecule has 5 aromatic rings. The zero-order valence-corrected chi connectivity index (χ0v) is 33.5. The van der Waals surface area contributed by atoms with Crippen LogP contribution in [0.2, 0.25) is 0 Å². The monoisotopic (exact) mass is 816 g/mol. The maximum Gasteiger partial charge on any atom is 0.197 e. The van der Waals surface area contributed by atoms with Gasteiger partial charge < -0.3 is 0 Å². The van der Waals surface area contributed by atoms with Crippen molar-refractivity contribution in [1.82, 2.24) is 9.97 Å². The molecule has 2 saturated carbocycles. The number of benzene rings is 3. The van der Waals surface area contributed by atoms with E-state index < -0.39 is 23.1 Å². The van der Waals surface area contributed by atoms with E-state index in [1.807, 2.05) is 12.1 Å². The lowest BCUT2D eigenvalue weighted by molar-refractivity contribution is 0.0975. The fourth-order valence-corrected chi connectivity index (χ4v) is 13.0. The van der Waals surface area contributed by atoms with E-state index in [0.29, 0.717) is 10.0 Å². The van der Waals surface area contributed by atoms with Crippen LogP contribution in [0.15, 0.2) is 47.5 Å². The highest BCUT2D eigenvalue weighted by atomic mass is 32.1. The second-order valence-electron chi connectivity index (χ2n) is 16.4. The Labute approximate surface area is 351 Å². The van der Waals surface area contributed by atoms with Crippen LogP contribution < -0.4 is 0 Å². The molecular weight excluding hydrogens is 789 g/mol. The molecule has 0 amide bonds. The van der Waals surface area contributed by atoms with E-state index in [4.69, 9.17) is 23.1 Å². The molecule has 0 N–H and O–H groups in total. The number of aromatic nitrogens is 2. The molecule has 60 heavy (non-hydrogen) atoms. The van der Waals surface area contributed by atoms with Crippen LogP contribution in [0.3, 0.4) is 0 Å². The molecule has 3 aromatic carbocycles. The summed E-state index contributed by atoms with van der Waals surface area (Å²) < 4.78 is 0. The Morgan fingerprint density at radius 2 is 0.917 bits per heavy atom. The van der Waals surface area contributed by atoms with Gasteiger partial charge in [0.15, 0.2) is 34.5 Å². The minimum Gasteiger partial charge on any atom is -0.288 e. The van der Waals surface area contributed by atoms with Crippen LogP contribution in [-0.4, -0.2) is 33.1 Å². The molecule has 12 heteroatoms. The Balaban J connectivity index is 1.02. The maximum absolute atomic E-state index is 13.6. The number of hydrogen-bond acceptors (Lipinski definition) is 10. The van der Waals surface area contributed by atoms with E-state index in [1.165, 1.54) is 58.1 Å². The van der Waals surface area contributed by atoms with Crippen LogP contribution in [0.1, 0.15) is 149 Å². The first-order chi connectivity index (χ1) is 29.1. The van der Waals surface area contributed by atoms with E-state index >= 15 is 0 Å². The first kappa shape index (κ1) is 36.1. The van der Waals surface area contributed by atoms with Gasteiger partial charge in [-0.1, -0.05) is 50.7 Å². The summed E-state index contributed by atoms with van der Waals surface area (Å²) in [6, 6.07) is 14.0. The summed E-state index contributed by atoms with van der Waals surface area (Å²) in [4.78, 5) is 73.9. The van der Waals surface area contributed by atoms with Crippen molar-refractivity contribution in [2.45, 2.75) is 75.0 Å². The van der Waals surface area contributed by atoms with E-state index in [-0.39, 0.29) is 66.7 Å². The standard InChI is InChI=1S/C48H28N6O4S2/c1-51-35-17-27-28(18-36(35)52-2)42(58)32(41(27)57)20-38-54-46-44(60-38)30-16-33-29(15-34(30)48(46)11-7-4-8-12-48)43-45(47(33)9-5-3-6-10-47)53-37(59-43)19-31-39(55)25-13-23(21-49)24(22-50)14-26(25)40(31)56/h13-20H,3-12H2. The van der Waals surface area contributed by atoms with Gasteiger partial charge in [-0.2, -0.15) is 10.5 Å². The van der Waals surface area contributed by atoms with Crippen LogP contribution >= 0.6 is 22.7 Å². The third kappa shape index (κ3) is 4.69. The summed E-state index contributed by atoms with van der Waals surface area (Å²) in [5.41, 5.74) is 6.77. The van der Waals surface area contributed by atoms with Crippen molar-refractivity contribution in [2.75, 3.05) is 0 Å². The van der Waals surface area contributed by atoms with Crippen LogP contribution in [0, 0.1) is 35.8 Å². The number of nitriles is 2. The minimum absolute atomic E-state index is 0.00600. The first-order valence-corrected chi connectivity index (χ1v) is 21.5. The van der Waals surface area contributed by atoms with Crippen molar-refractivity contribution >= 4 is 69.3 Å². The Bertz CT molecular complexity index is 2870. The van der Waals surface area contributed by atoms with Gasteiger partial charge in [0.2, 0.25) is 0 Å². The third-order valence-electron chi connectivity index (χ3n) is 13.5. The normalized spacial score (nSPS) is 18.3. The summed E-state index contributed by atoms with van der Waals surface area (Å²) in [5, 5.41) is 20.3. The molecule has 0 unspecified atom stereocenters. The van der Waals surface area contributed by atoms with Crippen LogP contribution in [0.4, 0.5) is 11.4 Å². The zero-order chi connectivity index (χ0) is 41.2. The van der Waals surface area contributed by atoms with Crippen molar-refractivity contribution in [1.29, 1.82) is 10.5 Å². The predicted octanol–water partition coefficient (Wildman–Crippen LogP) is 10.8. The molecule has 2 fully saturated rings. The van der Waals surface area contributed by atoms with Crippen LogP contribution in [0.25, 0.3) is 42.7 Å². The molecular formula is C48H28N6O4S2. The molecule has 6 aliphatic rings. The van der Waals surface area contributed by atoms with Crippen molar-refractivity contribution in [2.24, 2.45) is 0 Å². The highest BCUT2D eigenvalue weighted by Gasteiger charge is 2.52. The van der Waals surface area contributed by atoms with E-state index in [0.717, 1.165) is 96.5 Å². The third-order valence-corrected chi connectivity index (χ3v) is 15.6. The molecule has 2 spiro atoms. The number of Topliss-reactive ketones (excluding diaryl/α,β-unsaturated/α-hetero) is 4. The number of carbonyl (C=O) groups excluding carboxylic acids is 4. The first-order valence-electron chi connectivity index (χ1n) is 19.9. The van der Waals surface area contributed by atoms with Crippen LogP contribution in [-0.2, 0) is 10.8 Å². The molecule has 2 aromatic heterocycles. The van der Waals surface area contributed by atoms with Gasteiger partial charge in [0.1, 0.15) is 22.2 Å². The van der Waals surface area contributed by atoms with Gasteiger partial charge in [0.05, 0.1) is 56.6 Å². The van der Waals surface area contributed by atoms with Gasteiger partial charge in [-0.25, -0.2) is 9.97 Å². The highest BCUT2D eigenvalue weighted by Crippen LogP contribution is 2.63. The summed E-state index contributed by atoms with van der Waals surface area (Å²) in [5.74, 6) is -1.87. The highest BCUT2D eigenvalue weighted by molar-refractivity contribution is 7.16. The number of rotatable bonds is 2. The Morgan fingerprint density at radius 3 is 1.27 bits per heavy atom. The average molecular weight is 817 g/mol. The summed E-state index contributed by atoms with van der Waals surface area (Å²) in [6.45, 7) is 14.9. The molecule has 0 saturated heterocycles. The lowest BCUT2D eigenvalue weighted by atomic mass is 9.67. The predicted molar refractivity (Wildman–Crippen MR) is 225 cm³/mol. The number of thiazole rings is 2. The van der Waals surface area contributed by atoms with E-state index in [1.54, 1.807) is 12.2 Å². The van der Waals surface area contributed by atoms with E-state index in [9.17, 15) is 29.7 Å². The second kappa shape index (κ2) is 12.8. The molecule has 2 heterocycles. The molecule has 0 aliphatic heterocycles. The Kier molecular flexibility index (Phi) is 7.69. The smallest absolute Gasteiger partial charge is 0.197 e. The van der Waals surface area contributed by atoms with E-state index in [2.05, 4.69) is 21.8 Å². The summed E-state index contributed by atoms with van der Waals surface area (Å²) in [7, 11) is 0. The van der Waals surface area contributed by atoms with Gasteiger partial charge in [-0.15, -0.1) is 22.7 Å². The van der Waals surface area contributed by atoms with Crippen molar-refractivity contribution in [3.8, 4) is 33.0 Å². The Hall–Kier alpha value is -6.96. The summed E-state index contributed by atoms with van der Waals surface area (Å²) in [6.07, 6.45) is 13.2. The number of ketones is 4. The van der Waals surface area contributed by atoms with Crippen molar-refractivity contribution in [3.05, 3.63) is 136 Å². The fraction of sp³-hybridized carbons (Fsp3) is 0.250. The second-order valence-corrected chi connectivity index (χ2v) is 18.5. The number of fused-ring (bicyclic) bond motifs is 12. The fourth-order valence-electron chi connectivity index (χ4n) is 10.7. The lowest BCUT2D eigenvalue weighted by Gasteiger charge is -2.36. The molecule has 0 atom stereocenters. The number of allylic oxidation sites excluding steroid dienone is 2. The maximum atomic E-state index is 13.6. The largest absolute Gasteiger partial charge is 0.288 e. The number of hydrogen-bond donors (Lipinski definition) is 0. The quantitative estimate of drug-likeness (QED) is 0.0970. The lowest BCUT2D eigenvalue weighted by Crippen LogP contribution is -2.30. The number of carbonyl (C=O) groups is 4. The molecule has 10 nitrogen and oxygen atoms in total. The SMILES string of the molecule is [C-]#[N+]c1cc2c(cc1[N+]#[C-])C(=O)C(=Cc1nc3c(s1)-c1cc4c(cc1C31CCCCC1)-c1sc(C=C3C(=O)c5cc(C#N)c(C#N)cc5C3=O)nc1C41CCCCC1)C2=O. The number of nitrogens with zero attached hydrogens (tertiary/aromatic N) is 6. The van der Waals surface area contributed by atoms with Gasteiger partial charge in [-0.05, 0) is 84.4 Å². The molecule has 0 bridgehead atoms. The zero-order valence-electron chi connectivity index (χ0n) is 31.8. The Morgan fingerprint density at radius 1 is 0.550 bits per heavy atom. The van der Waals surface area contributed by atoms with Crippen molar-refractivity contribution in [3.63, 3.8) is 0 Å². The average Bonchev–Trinajstić information content (AvgIpc) is 4.09. The van der Waals surface area contributed by atoms with Gasteiger partial charge in [-0.3, -0.25) is 28.9 Å². The topological polar surface area (TPSA) is 150 Å². The molecule has 6 aliphatic carbocycles. The summed E-state index contributed by atoms with van der Waals surface area (Å²) >= 11 is 2.98. The molecule has 286 valence electrons. The van der Waals surface area contributed by atoms with Crippen LogP contribution in [0.5, 0.6) is 0 Å². The molecule has 11 rings (SSSR count). The van der Waals surface area contributed by atoms with Gasteiger partial charge in [0.25, 0.3) is 0 Å².